The molecule has 2 aromatic carbocycles. The molecule has 6 heteroatoms. The molecule has 0 spiro atoms. The van der Waals surface area contributed by atoms with Gasteiger partial charge in [0.15, 0.2) is 5.78 Å². The van der Waals surface area contributed by atoms with Gasteiger partial charge in [-0.1, -0.05) is 0 Å². The van der Waals surface area contributed by atoms with E-state index in [0.29, 0.717) is 34.5 Å². The van der Waals surface area contributed by atoms with Crippen molar-refractivity contribution in [1.82, 2.24) is 4.98 Å². The number of fused-ring (bicyclic) bond motifs is 1. The SMILES string of the molecule is COc1ccc2cc(CCC(=O)Nc3ccc(C(C)=O)cc3)c(=O)[nH]c2c1. The van der Waals surface area contributed by atoms with E-state index in [1.807, 2.05) is 12.1 Å². The quantitative estimate of drug-likeness (QED) is 0.657. The molecule has 138 valence electrons. The predicted molar refractivity (Wildman–Crippen MR) is 105 cm³/mol. The average molecular weight is 364 g/mol. The van der Waals surface area contributed by atoms with Crippen LogP contribution in [0.1, 0.15) is 29.3 Å². The van der Waals surface area contributed by atoms with Crippen molar-refractivity contribution in [2.45, 2.75) is 19.8 Å². The number of carbonyl (C=O) groups excluding carboxylic acids is 2. The minimum atomic E-state index is -0.214. The number of rotatable bonds is 6. The first-order valence-electron chi connectivity index (χ1n) is 8.57. The molecule has 1 amide bonds. The van der Waals surface area contributed by atoms with Gasteiger partial charge in [-0.05, 0) is 61.2 Å². The van der Waals surface area contributed by atoms with E-state index in [1.54, 1.807) is 43.5 Å². The number of ketones is 1. The molecule has 0 unspecified atom stereocenters. The molecule has 2 N–H and O–H groups in total. The summed E-state index contributed by atoms with van der Waals surface area (Å²) in [5.41, 5.74) is 2.24. The van der Waals surface area contributed by atoms with Crippen LogP contribution in [0.4, 0.5) is 5.69 Å². The Balaban J connectivity index is 1.66. The first-order chi connectivity index (χ1) is 13.0. The summed E-state index contributed by atoms with van der Waals surface area (Å²) in [4.78, 5) is 38.5. The van der Waals surface area contributed by atoms with Crippen LogP contribution in [0.25, 0.3) is 10.9 Å². The lowest BCUT2D eigenvalue weighted by atomic mass is 10.1. The molecule has 0 saturated carbocycles. The second kappa shape index (κ2) is 7.86. The third kappa shape index (κ3) is 4.41. The summed E-state index contributed by atoms with van der Waals surface area (Å²) in [7, 11) is 1.57. The zero-order valence-electron chi connectivity index (χ0n) is 15.2. The van der Waals surface area contributed by atoms with Crippen molar-refractivity contribution in [1.29, 1.82) is 0 Å². The molecular formula is C21H20N2O4. The lowest BCUT2D eigenvalue weighted by molar-refractivity contribution is -0.116. The van der Waals surface area contributed by atoms with E-state index in [1.165, 1.54) is 6.92 Å². The van der Waals surface area contributed by atoms with Crippen molar-refractivity contribution in [3.05, 3.63) is 70.0 Å². The highest BCUT2D eigenvalue weighted by atomic mass is 16.5. The minimum Gasteiger partial charge on any atom is -0.497 e. The Kier molecular flexibility index (Phi) is 5.35. The lowest BCUT2D eigenvalue weighted by Crippen LogP contribution is -2.17. The zero-order valence-corrected chi connectivity index (χ0v) is 15.2. The molecule has 27 heavy (non-hydrogen) atoms. The van der Waals surface area contributed by atoms with E-state index in [2.05, 4.69) is 10.3 Å². The molecule has 1 aromatic heterocycles. The zero-order chi connectivity index (χ0) is 19.4. The Morgan fingerprint density at radius 3 is 2.48 bits per heavy atom. The molecule has 1 heterocycles. The van der Waals surface area contributed by atoms with E-state index >= 15 is 0 Å². The Morgan fingerprint density at radius 2 is 1.81 bits per heavy atom. The molecule has 3 rings (SSSR count). The van der Waals surface area contributed by atoms with Gasteiger partial charge < -0.3 is 15.0 Å². The van der Waals surface area contributed by atoms with Crippen molar-refractivity contribution in [3.8, 4) is 5.75 Å². The molecule has 0 radical (unpaired) electrons. The molecular weight excluding hydrogens is 344 g/mol. The Morgan fingerprint density at radius 1 is 1.07 bits per heavy atom. The van der Waals surface area contributed by atoms with E-state index in [-0.39, 0.29) is 23.7 Å². The molecule has 6 nitrogen and oxygen atoms in total. The molecule has 0 aliphatic heterocycles. The standard InChI is InChI=1S/C21H20N2O4/c1-13(24)14-3-7-17(8-4-14)22-20(25)10-6-16-11-15-5-9-18(27-2)12-19(15)23-21(16)26/h3-5,7-9,11-12H,6,10H2,1-2H3,(H,22,25)(H,23,26). The van der Waals surface area contributed by atoms with Gasteiger partial charge in [0, 0.05) is 29.3 Å². The van der Waals surface area contributed by atoms with Gasteiger partial charge in [-0.2, -0.15) is 0 Å². The van der Waals surface area contributed by atoms with Crippen LogP contribution >= 0.6 is 0 Å². The first kappa shape index (κ1) is 18.4. The highest BCUT2D eigenvalue weighted by Gasteiger charge is 2.08. The van der Waals surface area contributed by atoms with Gasteiger partial charge in [0.05, 0.1) is 12.6 Å². The number of methoxy groups -OCH3 is 1. The van der Waals surface area contributed by atoms with Crippen LogP contribution < -0.4 is 15.6 Å². The summed E-state index contributed by atoms with van der Waals surface area (Å²) < 4.78 is 5.15. The van der Waals surface area contributed by atoms with Crippen LogP contribution in [-0.2, 0) is 11.2 Å². The second-order valence-corrected chi connectivity index (χ2v) is 6.26. The molecule has 0 aliphatic carbocycles. The molecule has 0 atom stereocenters. The predicted octanol–water partition coefficient (Wildman–Crippen LogP) is 3.31. The van der Waals surface area contributed by atoms with Crippen LogP contribution in [0.5, 0.6) is 5.75 Å². The van der Waals surface area contributed by atoms with Gasteiger partial charge in [0.1, 0.15) is 5.75 Å². The molecule has 0 bridgehead atoms. The van der Waals surface area contributed by atoms with Crippen LogP contribution in [0.15, 0.2) is 53.3 Å². The number of nitrogens with one attached hydrogen (secondary N) is 2. The van der Waals surface area contributed by atoms with Gasteiger partial charge in [-0.15, -0.1) is 0 Å². The van der Waals surface area contributed by atoms with Crippen LogP contribution in [0.2, 0.25) is 0 Å². The number of H-pyrrole nitrogens is 1. The maximum atomic E-state index is 12.2. The van der Waals surface area contributed by atoms with Crippen LogP contribution in [0, 0.1) is 0 Å². The number of anilines is 1. The second-order valence-electron chi connectivity index (χ2n) is 6.26. The molecule has 0 fully saturated rings. The average Bonchev–Trinajstić information content (AvgIpc) is 2.66. The van der Waals surface area contributed by atoms with Crippen molar-refractivity contribution >= 4 is 28.3 Å². The van der Waals surface area contributed by atoms with Gasteiger partial charge in [-0.3, -0.25) is 14.4 Å². The number of aryl methyl sites for hydroxylation is 1. The van der Waals surface area contributed by atoms with Crippen LogP contribution in [0.3, 0.4) is 0 Å². The Hall–Kier alpha value is -3.41. The number of pyridine rings is 1. The van der Waals surface area contributed by atoms with Crippen molar-refractivity contribution < 1.29 is 14.3 Å². The number of aromatic nitrogens is 1. The number of aromatic amines is 1. The van der Waals surface area contributed by atoms with Crippen molar-refractivity contribution in [2.24, 2.45) is 0 Å². The maximum absolute atomic E-state index is 12.2. The van der Waals surface area contributed by atoms with Gasteiger partial charge in [-0.25, -0.2) is 0 Å². The molecule has 0 saturated heterocycles. The number of amides is 1. The lowest BCUT2D eigenvalue weighted by Gasteiger charge is -2.07. The number of Topliss-reactive ketones (excluding diaryl/α,β-unsaturated/α-hetero) is 1. The minimum absolute atomic E-state index is 0.0268. The fourth-order valence-corrected chi connectivity index (χ4v) is 2.80. The third-order valence-corrected chi connectivity index (χ3v) is 4.33. The van der Waals surface area contributed by atoms with Crippen molar-refractivity contribution in [2.75, 3.05) is 12.4 Å². The van der Waals surface area contributed by atoms with Crippen LogP contribution in [-0.4, -0.2) is 23.8 Å². The van der Waals surface area contributed by atoms with E-state index in [9.17, 15) is 14.4 Å². The van der Waals surface area contributed by atoms with Gasteiger partial charge in [0.2, 0.25) is 5.91 Å². The summed E-state index contributed by atoms with van der Waals surface area (Å²) >= 11 is 0. The fourth-order valence-electron chi connectivity index (χ4n) is 2.80. The largest absolute Gasteiger partial charge is 0.497 e. The summed E-state index contributed by atoms with van der Waals surface area (Å²) in [6, 6.07) is 13.9. The highest BCUT2D eigenvalue weighted by molar-refractivity contribution is 5.95. The van der Waals surface area contributed by atoms with E-state index in [0.717, 1.165) is 5.39 Å². The number of hydrogen-bond acceptors (Lipinski definition) is 4. The number of benzene rings is 2. The van der Waals surface area contributed by atoms with Gasteiger partial charge in [0.25, 0.3) is 5.56 Å². The molecule has 3 aromatic rings. The summed E-state index contributed by atoms with van der Waals surface area (Å²) in [6.45, 7) is 1.49. The summed E-state index contributed by atoms with van der Waals surface area (Å²) in [5.74, 6) is 0.446. The smallest absolute Gasteiger partial charge is 0.251 e. The summed E-state index contributed by atoms with van der Waals surface area (Å²) in [5, 5.41) is 3.65. The Labute approximate surface area is 156 Å². The Bertz CT molecular complexity index is 1050. The number of ether oxygens (including phenoxy) is 1. The topological polar surface area (TPSA) is 88.3 Å². The normalized spacial score (nSPS) is 10.6. The molecule has 0 aliphatic rings. The number of carbonyl (C=O) groups is 2. The van der Waals surface area contributed by atoms with E-state index in [4.69, 9.17) is 4.74 Å². The van der Waals surface area contributed by atoms with Gasteiger partial charge >= 0.3 is 0 Å². The monoisotopic (exact) mass is 364 g/mol. The maximum Gasteiger partial charge on any atom is 0.251 e. The highest BCUT2D eigenvalue weighted by Crippen LogP contribution is 2.19. The fraction of sp³-hybridized carbons (Fsp3) is 0.190. The first-order valence-corrected chi connectivity index (χ1v) is 8.57. The summed E-state index contributed by atoms with van der Waals surface area (Å²) in [6.07, 6.45) is 0.508. The van der Waals surface area contributed by atoms with E-state index < -0.39 is 0 Å². The number of hydrogen-bond donors (Lipinski definition) is 2. The van der Waals surface area contributed by atoms with Crippen molar-refractivity contribution in [3.63, 3.8) is 0 Å². The third-order valence-electron chi connectivity index (χ3n) is 4.33.